The zero-order valence-electron chi connectivity index (χ0n) is 17.3. The highest BCUT2D eigenvalue weighted by Gasteiger charge is 2.50. The monoisotopic (exact) mass is 405 g/mol. The van der Waals surface area contributed by atoms with Crippen LogP contribution in [0.15, 0.2) is 42.7 Å². The molecule has 1 fully saturated rings. The Morgan fingerprint density at radius 1 is 1.23 bits per heavy atom. The topological polar surface area (TPSA) is 72.7 Å². The van der Waals surface area contributed by atoms with Crippen LogP contribution in [0.25, 0.3) is 5.82 Å². The van der Waals surface area contributed by atoms with E-state index in [9.17, 15) is 9.18 Å². The summed E-state index contributed by atoms with van der Waals surface area (Å²) in [6.45, 7) is 6.23. The standard InChI is InChI=1S/C23H24FN5O/c1-23(2,3)21(17-6-4-5-9-25-17)27-22(30)19-16-11-13-10-15(13)20(16)29(28-19)18-8-7-14(24)12-26-18/h4-9,12-13,15,21H,10-11H2,1-3H3,(H,27,30)/t13-,15-,21+/m1/s1. The highest BCUT2D eigenvalue weighted by molar-refractivity contribution is 5.94. The maximum atomic E-state index is 13.4. The highest BCUT2D eigenvalue weighted by Crippen LogP contribution is 2.57. The molecule has 0 bridgehead atoms. The van der Waals surface area contributed by atoms with Gasteiger partial charge in [0.2, 0.25) is 0 Å². The first-order valence-electron chi connectivity index (χ1n) is 10.3. The van der Waals surface area contributed by atoms with Crippen molar-refractivity contribution in [2.45, 2.75) is 45.6 Å². The van der Waals surface area contributed by atoms with Gasteiger partial charge in [-0.2, -0.15) is 5.10 Å². The first kappa shape index (κ1) is 18.9. The highest BCUT2D eigenvalue weighted by atomic mass is 19.1. The Labute approximate surface area is 174 Å². The fourth-order valence-electron chi connectivity index (χ4n) is 4.45. The van der Waals surface area contributed by atoms with E-state index in [1.807, 2.05) is 18.2 Å². The van der Waals surface area contributed by atoms with E-state index in [-0.39, 0.29) is 17.4 Å². The van der Waals surface area contributed by atoms with E-state index in [4.69, 9.17) is 0 Å². The second kappa shape index (κ2) is 6.72. The summed E-state index contributed by atoms with van der Waals surface area (Å²) in [5.41, 5.74) is 3.07. The number of halogens is 1. The van der Waals surface area contributed by atoms with Gasteiger partial charge in [0.05, 0.1) is 23.6 Å². The molecule has 0 aliphatic heterocycles. The summed E-state index contributed by atoms with van der Waals surface area (Å²) < 4.78 is 15.1. The van der Waals surface area contributed by atoms with E-state index in [2.05, 4.69) is 41.2 Å². The Morgan fingerprint density at radius 2 is 2.07 bits per heavy atom. The quantitative estimate of drug-likeness (QED) is 0.713. The molecule has 3 heterocycles. The smallest absolute Gasteiger partial charge is 0.272 e. The van der Waals surface area contributed by atoms with Gasteiger partial charge in [-0.15, -0.1) is 0 Å². The average Bonchev–Trinajstić information content (AvgIpc) is 3.22. The van der Waals surface area contributed by atoms with Gasteiger partial charge in [0.25, 0.3) is 5.91 Å². The molecular weight excluding hydrogens is 381 g/mol. The van der Waals surface area contributed by atoms with Gasteiger partial charge in [-0.3, -0.25) is 9.78 Å². The molecule has 30 heavy (non-hydrogen) atoms. The number of amides is 1. The molecule has 1 saturated carbocycles. The SMILES string of the molecule is CC(C)(C)[C@@H](NC(=O)c1nn(-c2ccc(F)cn2)c2c1C[C@H]1C[C@@H]21)c1ccccn1. The normalized spacial score (nSPS) is 20.4. The molecule has 6 nitrogen and oxygen atoms in total. The van der Waals surface area contributed by atoms with E-state index >= 15 is 0 Å². The number of pyridine rings is 2. The van der Waals surface area contributed by atoms with Gasteiger partial charge in [-0.1, -0.05) is 26.8 Å². The number of aromatic nitrogens is 4. The van der Waals surface area contributed by atoms with Gasteiger partial charge >= 0.3 is 0 Å². The summed E-state index contributed by atoms with van der Waals surface area (Å²) in [6, 6.07) is 8.43. The van der Waals surface area contributed by atoms with E-state index in [1.165, 1.54) is 12.3 Å². The summed E-state index contributed by atoms with van der Waals surface area (Å²) in [4.78, 5) is 22.0. The van der Waals surface area contributed by atoms with Crippen molar-refractivity contribution in [3.05, 3.63) is 71.2 Å². The van der Waals surface area contributed by atoms with Gasteiger partial charge in [0.15, 0.2) is 11.5 Å². The molecule has 0 radical (unpaired) electrons. The Morgan fingerprint density at radius 3 is 2.73 bits per heavy atom. The summed E-state index contributed by atoms with van der Waals surface area (Å²) in [6.07, 6.45) is 4.88. The van der Waals surface area contributed by atoms with Crippen molar-refractivity contribution in [1.82, 2.24) is 25.1 Å². The minimum Gasteiger partial charge on any atom is -0.342 e. The number of nitrogens with one attached hydrogen (secondary N) is 1. The van der Waals surface area contributed by atoms with Crippen LogP contribution in [-0.2, 0) is 6.42 Å². The number of carbonyl (C=O) groups excluding carboxylic acids is 1. The Balaban J connectivity index is 1.51. The lowest BCUT2D eigenvalue weighted by Gasteiger charge is -2.30. The van der Waals surface area contributed by atoms with E-state index in [1.54, 1.807) is 16.9 Å². The second-order valence-corrected chi connectivity index (χ2v) is 9.29. The van der Waals surface area contributed by atoms with Gasteiger partial charge in [0, 0.05) is 17.7 Å². The first-order valence-corrected chi connectivity index (χ1v) is 10.3. The van der Waals surface area contributed by atoms with E-state index in [0.717, 1.165) is 29.8 Å². The minimum absolute atomic E-state index is 0.209. The number of nitrogens with zero attached hydrogens (tertiary/aromatic N) is 4. The van der Waals surface area contributed by atoms with Gasteiger partial charge in [-0.25, -0.2) is 14.1 Å². The van der Waals surface area contributed by atoms with Crippen molar-refractivity contribution < 1.29 is 9.18 Å². The molecule has 3 aromatic heterocycles. The summed E-state index contributed by atoms with van der Waals surface area (Å²) in [5, 5.41) is 7.80. The molecule has 0 saturated heterocycles. The lowest BCUT2D eigenvalue weighted by molar-refractivity contribution is 0.0893. The zero-order chi connectivity index (χ0) is 21.0. The van der Waals surface area contributed by atoms with Crippen LogP contribution in [0.4, 0.5) is 4.39 Å². The van der Waals surface area contributed by atoms with Crippen LogP contribution in [0.1, 0.15) is 66.6 Å². The van der Waals surface area contributed by atoms with Crippen LogP contribution in [0.3, 0.4) is 0 Å². The predicted octanol–water partition coefficient (Wildman–Crippen LogP) is 3.98. The fourth-order valence-corrected chi connectivity index (χ4v) is 4.45. The van der Waals surface area contributed by atoms with E-state index in [0.29, 0.717) is 23.3 Å². The molecule has 7 heteroatoms. The Bertz CT molecular complexity index is 1100. The van der Waals surface area contributed by atoms with Crippen LogP contribution < -0.4 is 5.32 Å². The Hall–Kier alpha value is -3.09. The number of hydrogen-bond acceptors (Lipinski definition) is 4. The van der Waals surface area contributed by atoms with Gasteiger partial charge < -0.3 is 5.32 Å². The van der Waals surface area contributed by atoms with Crippen LogP contribution >= 0.6 is 0 Å². The molecule has 1 amide bonds. The van der Waals surface area contributed by atoms with Crippen LogP contribution in [0.5, 0.6) is 0 Å². The maximum Gasteiger partial charge on any atom is 0.272 e. The molecular formula is C23H24FN5O. The molecule has 154 valence electrons. The van der Waals surface area contributed by atoms with Crippen molar-refractivity contribution in [3.8, 4) is 5.82 Å². The van der Waals surface area contributed by atoms with Crippen molar-refractivity contribution in [2.24, 2.45) is 11.3 Å². The maximum absolute atomic E-state index is 13.4. The fraction of sp³-hybridized carbons (Fsp3) is 0.391. The third-order valence-electron chi connectivity index (χ3n) is 6.03. The minimum atomic E-state index is -0.395. The predicted molar refractivity (Wildman–Crippen MR) is 110 cm³/mol. The van der Waals surface area contributed by atoms with Crippen LogP contribution in [0, 0.1) is 17.2 Å². The Kier molecular flexibility index (Phi) is 4.24. The molecule has 3 aromatic rings. The van der Waals surface area contributed by atoms with Crippen LogP contribution in [-0.4, -0.2) is 25.7 Å². The number of hydrogen-bond donors (Lipinski definition) is 1. The third-order valence-corrected chi connectivity index (χ3v) is 6.03. The summed E-state index contributed by atoms with van der Waals surface area (Å²) in [7, 11) is 0. The van der Waals surface area contributed by atoms with Gasteiger partial charge in [-0.05, 0) is 48.4 Å². The summed E-state index contributed by atoms with van der Waals surface area (Å²) in [5.74, 6) is 0.920. The van der Waals surface area contributed by atoms with Crippen molar-refractivity contribution >= 4 is 5.91 Å². The van der Waals surface area contributed by atoms with E-state index < -0.39 is 5.82 Å². The zero-order valence-corrected chi connectivity index (χ0v) is 17.3. The molecule has 2 aliphatic rings. The lowest BCUT2D eigenvalue weighted by atomic mass is 9.84. The lowest BCUT2D eigenvalue weighted by Crippen LogP contribution is -2.37. The number of fused-ring (bicyclic) bond motifs is 3. The second-order valence-electron chi connectivity index (χ2n) is 9.29. The third kappa shape index (κ3) is 3.18. The largest absolute Gasteiger partial charge is 0.342 e. The van der Waals surface area contributed by atoms with Crippen LogP contribution in [0.2, 0.25) is 0 Å². The molecule has 1 N–H and O–H groups in total. The molecule has 0 aromatic carbocycles. The number of rotatable bonds is 4. The first-order chi connectivity index (χ1) is 14.3. The summed E-state index contributed by atoms with van der Waals surface area (Å²) >= 11 is 0. The van der Waals surface area contributed by atoms with Crippen molar-refractivity contribution in [2.75, 3.05) is 0 Å². The van der Waals surface area contributed by atoms with Crippen molar-refractivity contribution in [1.29, 1.82) is 0 Å². The number of carbonyl (C=O) groups is 1. The average molecular weight is 405 g/mol. The van der Waals surface area contributed by atoms with Crippen molar-refractivity contribution in [3.63, 3.8) is 0 Å². The molecule has 3 atom stereocenters. The van der Waals surface area contributed by atoms with Gasteiger partial charge in [0.1, 0.15) is 5.82 Å². The molecule has 5 rings (SSSR count). The molecule has 2 aliphatic carbocycles. The molecule has 0 spiro atoms. The molecule has 0 unspecified atom stereocenters.